The molecular weight excluding hydrogens is 368 g/mol. The van der Waals surface area contributed by atoms with Gasteiger partial charge >= 0.3 is 0 Å². The summed E-state index contributed by atoms with van der Waals surface area (Å²) in [7, 11) is 0. The minimum Gasteiger partial charge on any atom is -0.307 e. The molecule has 4 rings (SSSR count). The number of benzene rings is 3. The average Bonchev–Trinajstić information content (AvgIpc) is 2.75. The van der Waals surface area contributed by atoms with E-state index in [0.717, 1.165) is 23.2 Å². The first kappa shape index (κ1) is 19.8. The first-order valence-electron chi connectivity index (χ1n) is 10.4. The maximum atomic E-state index is 12.1. The molecule has 3 heteroatoms. The van der Waals surface area contributed by atoms with Crippen molar-refractivity contribution in [2.45, 2.75) is 26.7 Å². The SMILES string of the molecule is CC(C)Cc1ccc(-c2ccc(Cc3cc(=O)[nH]c(-c4ccccc4)n3)cc2)cc1. The van der Waals surface area contributed by atoms with Crippen molar-refractivity contribution in [2.24, 2.45) is 5.92 Å². The Balaban J connectivity index is 1.51. The molecule has 0 spiro atoms. The van der Waals surface area contributed by atoms with Gasteiger partial charge in [0.25, 0.3) is 5.56 Å². The largest absolute Gasteiger partial charge is 0.307 e. The number of aromatic amines is 1. The normalized spacial score (nSPS) is 11.0. The molecule has 4 aromatic rings. The maximum Gasteiger partial charge on any atom is 0.251 e. The van der Waals surface area contributed by atoms with E-state index >= 15 is 0 Å². The smallest absolute Gasteiger partial charge is 0.251 e. The third-order valence-corrected chi connectivity index (χ3v) is 5.11. The van der Waals surface area contributed by atoms with E-state index in [4.69, 9.17) is 0 Å². The van der Waals surface area contributed by atoms with E-state index in [1.54, 1.807) is 6.07 Å². The fourth-order valence-corrected chi connectivity index (χ4v) is 3.66. The predicted molar refractivity (Wildman–Crippen MR) is 124 cm³/mol. The van der Waals surface area contributed by atoms with E-state index < -0.39 is 0 Å². The fraction of sp³-hybridized carbons (Fsp3) is 0.185. The first-order chi connectivity index (χ1) is 14.6. The number of nitrogens with one attached hydrogen (secondary N) is 1. The minimum absolute atomic E-state index is 0.128. The summed E-state index contributed by atoms with van der Waals surface area (Å²) >= 11 is 0. The molecule has 0 aliphatic carbocycles. The van der Waals surface area contributed by atoms with Crippen LogP contribution >= 0.6 is 0 Å². The number of rotatable bonds is 6. The van der Waals surface area contributed by atoms with Crippen LogP contribution in [0.5, 0.6) is 0 Å². The van der Waals surface area contributed by atoms with Gasteiger partial charge in [-0.3, -0.25) is 4.79 Å². The highest BCUT2D eigenvalue weighted by molar-refractivity contribution is 5.64. The molecule has 0 saturated carbocycles. The number of hydrogen-bond acceptors (Lipinski definition) is 2. The van der Waals surface area contributed by atoms with E-state index in [1.807, 2.05) is 30.3 Å². The van der Waals surface area contributed by atoms with Crippen molar-refractivity contribution in [2.75, 3.05) is 0 Å². The molecule has 1 aromatic heterocycles. The number of nitrogens with zero attached hydrogens (tertiary/aromatic N) is 1. The van der Waals surface area contributed by atoms with Crippen molar-refractivity contribution < 1.29 is 0 Å². The van der Waals surface area contributed by atoms with Crippen LogP contribution in [0.25, 0.3) is 22.5 Å². The molecule has 0 aliphatic rings. The van der Waals surface area contributed by atoms with Gasteiger partial charge in [0, 0.05) is 18.1 Å². The van der Waals surface area contributed by atoms with E-state index in [2.05, 4.69) is 72.3 Å². The lowest BCUT2D eigenvalue weighted by Gasteiger charge is -2.08. The summed E-state index contributed by atoms with van der Waals surface area (Å²) in [6, 6.07) is 28.6. The molecule has 3 aromatic carbocycles. The Morgan fingerprint density at radius 1 is 0.767 bits per heavy atom. The molecule has 0 atom stereocenters. The lowest BCUT2D eigenvalue weighted by atomic mass is 9.98. The minimum atomic E-state index is -0.128. The van der Waals surface area contributed by atoms with Gasteiger partial charge in [-0.05, 0) is 34.6 Å². The van der Waals surface area contributed by atoms with Crippen molar-refractivity contribution in [3.63, 3.8) is 0 Å². The molecule has 0 unspecified atom stereocenters. The molecule has 1 heterocycles. The number of hydrogen-bond donors (Lipinski definition) is 1. The average molecular weight is 395 g/mol. The molecule has 150 valence electrons. The fourth-order valence-electron chi connectivity index (χ4n) is 3.66. The highest BCUT2D eigenvalue weighted by Gasteiger charge is 2.06. The zero-order valence-corrected chi connectivity index (χ0v) is 17.4. The molecule has 3 nitrogen and oxygen atoms in total. The van der Waals surface area contributed by atoms with Crippen molar-refractivity contribution in [1.82, 2.24) is 9.97 Å². The molecule has 0 saturated heterocycles. The molecule has 1 N–H and O–H groups in total. The topological polar surface area (TPSA) is 45.8 Å². The second-order valence-electron chi connectivity index (χ2n) is 8.12. The van der Waals surface area contributed by atoms with Crippen LogP contribution in [0.4, 0.5) is 0 Å². The molecule has 0 amide bonds. The Labute approximate surface area is 177 Å². The van der Waals surface area contributed by atoms with Crippen molar-refractivity contribution in [3.05, 3.63) is 112 Å². The van der Waals surface area contributed by atoms with Gasteiger partial charge in [-0.2, -0.15) is 0 Å². The molecule has 0 radical (unpaired) electrons. The molecular formula is C27H26N2O. The summed E-state index contributed by atoms with van der Waals surface area (Å²) < 4.78 is 0. The predicted octanol–water partition coefficient (Wildman–Crippen LogP) is 5.89. The zero-order valence-electron chi connectivity index (χ0n) is 17.4. The standard InChI is InChI=1S/C27H26N2O/c1-19(2)16-20-8-12-22(13-9-20)23-14-10-21(11-15-23)17-25-18-26(30)29-27(28-25)24-6-4-3-5-7-24/h3-15,18-19H,16-17H2,1-2H3,(H,28,29,30). The lowest BCUT2D eigenvalue weighted by molar-refractivity contribution is 0.647. The van der Waals surface area contributed by atoms with Crippen molar-refractivity contribution in [3.8, 4) is 22.5 Å². The van der Waals surface area contributed by atoms with Gasteiger partial charge in [-0.1, -0.05) is 92.7 Å². The Morgan fingerprint density at radius 3 is 1.97 bits per heavy atom. The van der Waals surface area contributed by atoms with E-state index in [0.29, 0.717) is 18.2 Å². The molecule has 0 aliphatic heterocycles. The van der Waals surface area contributed by atoms with Crippen LogP contribution < -0.4 is 5.56 Å². The van der Waals surface area contributed by atoms with Crippen LogP contribution in [0, 0.1) is 5.92 Å². The van der Waals surface area contributed by atoms with Gasteiger partial charge in [0.15, 0.2) is 0 Å². The third kappa shape index (κ3) is 4.93. The van der Waals surface area contributed by atoms with Crippen molar-refractivity contribution in [1.29, 1.82) is 0 Å². The van der Waals surface area contributed by atoms with Crippen molar-refractivity contribution >= 4 is 0 Å². The first-order valence-corrected chi connectivity index (χ1v) is 10.4. The molecule has 30 heavy (non-hydrogen) atoms. The summed E-state index contributed by atoms with van der Waals surface area (Å²) in [5.41, 5.74) is 6.47. The summed E-state index contributed by atoms with van der Waals surface area (Å²) in [6.45, 7) is 4.48. The van der Waals surface area contributed by atoms with Gasteiger partial charge in [0.1, 0.15) is 5.82 Å². The van der Waals surface area contributed by atoms with Crippen LogP contribution in [0.3, 0.4) is 0 Å². The maximum absolute atomic E-state index is 12.1. The summed E-state index contributed by atoms with van der Waals surface area (Å²) in [5, 5.41) is 0. The van der Waals surface area contributed by atoms with Crippen LogP contribution in [-0.4, -0.2) is 9.97 Å². The molecule has 0 fully saturated rings. The highest BCUT2D eigenvalue weighted by Crippen LogP contribution is 2.22. The van der Waals surface area contributed by atoms with Gasteiger partial charge in [-0.25, -0.2) is 4.98 Å². The Morgan fingerprint density at radius 2 is 1.37 bits per heavy atom. The Bertz CT molecular complexity index is 1160. The molecule has 0 bridgehead atoms. The van der Waals surface area contributed by atoms with Crippen LogP contribution in [0.15, 0.2) is 89.7 Å². The monoisotopic (exact) mass is 394 g/mol. The Kier molecular flexibility index (Phi) is 5.89. The highest BCUT2D eigenvalue weighted by atomic mass is 16.1. The Hall–Kier alpha value is -3.46. The second-order valence-corrected chi connectivity index (χ2v) is 8.12. The number of aromatic nitrogens is 2. The van der Waals surface area contributed by atoms with E-state index in [1.165, 1.54) is 16.7 Å². The third-order valence-electron chi connectivity index (χ3n) is 5.11. The van der Waals surface area contributed by atoms with Crippen LogP contribution in [0.1, 0.15) is 30.7 Å². The van der Waals surface area contributed by atoms with Gasteiger partial charge in [0.2, 0.25) is 0 Å². The second kappa shape index (κ2) is 8.91. The van der Waals surface area contributed by atoms with Gasteiger partial charge < -0.3 is 4.98 Å². The summed E-state index contributed by atoms with van der Waals surface area (Å²) in [4.78, 5) is 19.6. The number of H-pyrrole nitrogens is 1. The quantitative estimate of drug-likeness (QED) is 0.443. The van der Waals surface area contributed by atoms with Crippen LogP contribution in [0.2, 0.25) is 0 Å². The van der Waals surface area contributed by atoms with E-state index in [9.17, 15) is 4.79 Å². The van der Waals surface area contributed by atoms with E-state index in [-0.39, 0.29) is 5.56 Å². The van der Waals surface area contributed by atoms with Gasteiger partial charge in [0.05, 0.1) is 5.69 Å². The van der Waals surface area contributed by atoms with Gasteiger partial charge in [-0.15, -0.1) is 0 Å². The van der Waals surface area contributed by atoms with Crippen LogP contribution in [-0.2, 0) is 12.8 Å². The summed E-state index contributed by atoms with van der Waals surface area (Å²) in [6.07, 6.45) is 1.73. The zero-order chi connectivity index (χ0) is 20.9. The summed E-state index contributed by atoms with van der Waals surface area (Å²) in [5.74, 6) is 1.27. The lowest BCUT2D eigenvalue weighted by Crippen LogP contribution is -2.10.